The lowest BCUT2D eigenvalue weighted by atomic mass is 10.0. The molecule has 2 fully saturated rings. The molecule has 2 saturated heterocycles. The standard InChI is InChI=1S/C19H31N3O/c1-3-23-19-9-5-4-8-17(19)18(15-21-11-6-7-12-21)22-13-10-20-16(2)14-22/h4-5,8-9,16,18,20H,3,6-7,10-15H2,1-2H3. The van der Waals surface area contributed by atoms with Gasteiger partial charge in [-0.2, -0.15) is 0 Å². The highest BCUT2D eigenvalue weighted by molar-refractivity contribution is 5.36. The molecule has 0 amide bonds. The second-order valence-electron chi connectivity index (χ2n) is 6.84. The number of ether oxygens (including phenoxy) is 1. The van der Waals surface area contributed by atoms with Crippen molar-refractivity contribution < 1.29 is 4.74 Å². The van der Waals surface area contributed by atoms with Crippen LogP contribution in [0.4, 0.5) is 0 Å². The van der Waals surface area contributed by atoms with Crippen molar-refractivity contribution >= 4 is 0 Å². The van der Waals surface area contributed by atoms with Crippen molar-refractivity contribution in [3.8, 4) is 5.75 Å². The zero-order chi connectivity index (χ0) is 16.1. The van der Waals surface area contributed by atoms with E-state index in [2.05, 4.69) is 53.2 Å². The van der Waals surface area contributed by atoms with Crippen molar-refractivity contribution in [2.24, 2.45) is 0 Å². The molecule has 23 heavy (non-hydrogen) atoms. The molecule has 0 bridgehead atoms. The van der Waals surface area contributed by atoms with E-state index in [1.165, 1.54) is 31.5 Å². The summed E-state index contributed by atoms with van der Waals surface area (Å²) in [6.45, 7) is 12.0. The fourth-order valence-electron chi connectivity index (χ4n) is 3.91. The summed E-state index contributed by atoms with van der Waals surface area (Å²) >= 11 is 0. The van der Waals surface area contributed by atoms with Crippen LogP contribution in [0, 0.1) is 0 Å². The lowest BCUT2D eigenvalue weighted by molar-refractivity contribution is 0.115. The van der Waals surface area contributed by atoms with E-state index in [9.17, 15) is 0 Å². The predicted octanol–water partition coefficient (Wildman–Crippen LogP) is 2.52. The first-order valence-electron chi connectivity index (χ1n) is 9.19. The van der Waals surface area contributed by atoms with Crippen LogP contribution in [0.5, 0.6) is 5.75 Å². The zero-order valence-corrected chi connectivity index (χ0v) is 14.6. The third kappa shape index (κ3) is 4.25. The molecular formula is C19H31N3O. The number of benzene rings is 1. The van der Waals surface area contributed by atoms with E-state index in [4.69, 9.17) is 4.74 Å². The van der Waals surface area contributed by atoms with Crippen LogP contribution in [0.3, 0.4) is 0 Å². The lowest BCUT2D eigenvalue weighted by Gasteiger charge is -2.40. The molecule has 0 aromatic heterocycles. The van der Waals surface area contributed by atoms with Gasteiger partial charge in [-0.25, -0.2) is 0 Å². The summed E-state index contributed by atoms with van der Waals surface area (Å²) in [6.07, 6.45) is 2.69. The maximum absolute atomic E-state index is 5.94. The molecule has 2 heterocycles. The molecule has 1 aromatic rings. The fourth-order valence-corrected chi connectivity index (χ4v) is 3.91. The summed E-state index contributed by atoms with van der Waals surface area (Å²) in [5.74, 6) is 1.06. The van der Waals surface area contributed by atoms with Gasteiger partial charge in [-0.1, -0.05) is 18.2 Å². The Labute approximate surface area is 140 Å². The number of nitrogens with one attached hydrogen (secondary N) is 1. The minimum Gasteiger partial charge on any atom is -0.494 e. The molecule has 0 spiro atoms. The first-order valence-corrected chi connectivity index (χ1v) is 9.19. The Morgan fingerprint density at radius 1 is 1.22 bits per heavy atom. The van der Waals surface area contributed by atoms with Gasteiger partial charge in [-0.05, 0) is 45.8 Å². The normalized spacial score (nSPS) is 24.7. The van der Waals surface area contributed by atoms with Gasteiger partial charge in [-0.3, -0.25) is 4.90 Å². The van der Waals surface area contributed by atoms with Crippen molar-refractivity contribution in [3.05, 3.63) is 29.8 Å². The molecule has 2 aliphatic heterocycles. The van der Waals surface area contributed by atoms with E-state index < -0.39 is 0 Å². The second-order valence-corrected chi connectivity index (χ2v) is 6.84. The highest BCUT2D eigenvalue weighted by atomic mass is 16.5. The third-order valence-electron chi connectivity index (χ3n) is 5.05. The second kappa shape index (κ2) is 8.13. The molecule has 128 valence electrons. The van der Waals surface area contributed by atoms with Gasteiger partial charge in [0.2, 0.25) is 0 Å². The van der Waals surface area contributed by atoms with Crippen LogP contribution in [0.1, 0.15) is 38.3 Å². The number of hydrogen-bond donors (Lipinski definition) is 1. The highest BCUT2D eigenvalue weighted by Crippen LogP contribution is 2.31. The highest BCUT2D eigenvalue weighted by Gasteiger charge is 2.29. The summed E-state index contributed by atoms with van der Waals surface area (Å²) < 4.78 is 5.94. The molecular weight excluding hydrogens is 286 g/mol. The van der Waals surface area contributed by atoms with E-state index in [1.807, 2.05) is 0 Å². The number of likely N-dealkylation sites (tertiary alicyclic amines) is 1. The molecule has 0 saturated carbocycles. The largest absolute Gasteiger partial charge is 0.494 e. The Bertz CT molecular complexity index is 487. The molecule has 0 radical (unpaired) electrons. The van der Waals surface area contributed by atoms with E-state index >= 15 is 0 Å². The van der Waals surface area contributed by atoms with Gasteiger partial charge in [0.25, 0.3) is 0 Å². The molecule has 2 unspecified atom stereocenters. The molecule has 2 atom stereocenters. The van der Waals surface area contributed by atoms with Crippen molar-refractivity contribution in [3.63, 3.8) is 0 Å². The molecule has 4 heteroatoms. The van der Waals surface area contributed by atoms with Gasteiger partial charge in [-0.15, -0.1) is 0 Å². The van der Waals surface area contributed by atoms with Crippen LogP contribution in [0.15, 0.2) is 24.3 Å². The first kappa shape index (κ1) is 16.7. The van der Waals surface area contributed by atoms with E-state index in [0.29, 0.717) is 12.1 Å². The maximum Gasteiger partial charge on any atom is 0.124 e. The Hall–Kier alpha value is -1.10. The lowest BCUT2D eigenvalue weighted by Crippen LogP contribution is -2.52. The minimum absolute atomic E-state index is 0.431. The Morgan fingerprint density at radius 3 is 2.74 bits per heavy atom. The Morgan fingerprint density at radius 2 is 2.00 bits per heavy atom. The molecule has 1 N–H and O–H groups in total. The van der Waals surface area contributed by atoms with E-state index in [-0.39, 0.29) is 0 Å². The summed E-state index contributed by atoms with van der Waals surface area (Å²) in [7, 11) is 0. The molecule has 2 aliphatic rings. The van der Waals surface area contributed by atoms with Crippen LogP contribution >= 0.6 is 0 Å². The minimum atomic E-state index is 0.431. The smallest absolute Gasteiger partial charge is 0.124 e. The van der Waals surface area contributed by atoms with E-state index in [1.54, 1.807) is 0 Å². The van der Waals surface area contributed by atoms with Crippen molar-refractivity contribution in [2.45, 2.75) is 38.8 Å². The van der Waals surface area contributed by atoms with Crippen molar-refractivity contribution in [1.29, 1.82) is 0 Å². The summed E-state index contributed by atoms with van der Waals surface area (Å²) in [5, 5.41) is 3.57. The quantitative estimate of drug-likeness (QED) is 0.872. The third-order valence-corrected chi connectivity index (χ3v) is 5.05. The Balaban J connectivity index is 1.84. The number of rotatable bonds is 6. The number of piperazine rings is 1. The van der Waals surface area contributed by atoms with Crippen LogP contribution in [0.2, 0.25) is 0 Å². The molecule has 3 rings (SSSR count). The zero-order valence-electron chi connectivity index (χ0n) is 14.6. The SMILES string of the molecule is CCOc1ccccc1C(CN1CCCC1)N1CCNC(C)C1. The number of nitrogens with zero attached hydrogens (tertiary/aromatic N) is 2. The van der Waals surface area contributed by atoms with E-state index in [0.717, 1.165) is 38.5 Å². The average Bonchev–Trinajstić information content (AvgIpc) is 3.07. The number of para-hydroxylation sites is 1. The van der Waals surface area contributed by atoms with Crippen LogP contribution < -0.4 is 10.1 Å². The van der Waals surface area contributed by atoms with Gasteiger partial charge < -0.3 is 15.0 Å². The van der Waals surface area contributed by atoms with Crippen molar-refractivity contribution in [2.75, 3.05) is 45.9 Å². The summed E-state index contributed by atoms with van der Waals surface area (Å²) in [6, 6.07) is 9.62. The van der Waals surface area contributed by atoms with Crippen LogP contribution in [0.25, 0.3) is 0 Å². The van der Waals surface area contributed by atoms with Gasteiger partial charge in [0.1, 0.15) is 5.75 Å². The summed E-state index contributed by atoms with van der Waals surface area (Å²) in [4.78, 5) is 5.28. The van der Waals surface area contributed by atoms with Crippen molar-refractivity contribution in [1.82, 2.24) is 15.1 Å². The van der Waals surface area contributed by atoms with Gasteiger partial charge in [0.15, 0.2) is 0 Å². The van der Waals surface area contributed by atoms with Gasteiger partial charge in [0.05, 0.1) is 12.6 Å². The topological polar surface area (TPSA) is 27.7 Å². The maximum atomic E-state index is 5.94. The average molecular weight is 317 g/mol. The van der Waals surface area contributed by atoms with Gasteiger partial charge >= 0.3 is 0 Å². The molecule has 4 nitrogen and oxygen atoms in total. The first-order chi connectivity index (χ1) is 11.3. The van der Waals surface area contributed by atoms with Crippen LogP contribution in [-0.4, -0.2) is 61.7 Å². The number of hydrogen-bond acceptors (Lipinski definition) is 4. The summed E-state index contributed by atoms with van der Waals surface area (Å²) in [5.41, 5.74) is 1.36. The monoisotopic (exact) mass is 317 g/mol. The Kier molecular flexibility index (Phi) is 5.92. The molecule has 1 aromatic carbocycles. The fraction of sp³-hybridized carbons (Fsp3) is 0.684. The molecule has 0 aliphatic carbocycles. The van der Waals surface area contributed by atoms with Crippen LogP contribution in [-0.2, 0) is 0 Å². The predicted molar refractivity (Wildman–Crippen MR) is 95.1 cm³/mol. The van der Waals surface area contributed by atoms with Gasteiger partial charge in [0, 0.05) is 37.8 Å².